The number of H-pyrrole nitrogens is 1. The molecule has 0 saturated carbocycles. The van der Waals surface area contributed by atoms with Crippen molar-refractivity contribution in [3.8, 4) is 17.0 Å². The highest BCUT2D eigenvalue weighted by molar-refractivity contribution is 5.83. The van der Waals surface area contributed by atoms with E-state index in [0.717, 1.165) is 60.4 Å². The van der Waals surface area contributed by atoms with E-state index in [2.05, 4.69) is 25.7 Å². The van der Waals surface area contributed by atoms with E-state index < -0.39 is 0 Å². The van der Waals surface area contributed by atoms with Gasteiger partial charge in [-0.3, -0.25) is 5.10 Å². The van der Waals surface area contributed by atoms with Gasteiger partial charge in [-0.05, 0) is 43.3 Å². The van der Waals surface area contributed by atoms with Crippen molar-refractivity contribution in [2.24, 2.45) is 0 Å². The summed E-state index contributed by atoms with van der Waals surface area (Å²) in [6.07, 6.45) is 2.84. The van der Waals surface area contributed by atoms with Gasteiger partial charge < -0.3 is 20.6 Å². The lowest BCUT2D eigenvalue weighted by atomic mass is 10.1. The molecule has 2 aromatic carbocycles. The fourth-order valence-electron chi connectivity index (χ4n) is 3.67. The van der Waals surface area contributed by atoms with Crippen molar-refractivity contribution in [2.45, 2.75) is 6.42 Å². The maximum Gasteiger partial charge on any atom is 0.227 e. The fourth-order valence-corrected chi connectivity index (χ4v) is 3.67. The molecule has 30 heavy (non-hydrogen) atoms. The minimum atomic E-state index is 0.214. The average molecular weight is 401 g/mol. The predicted octanol–water partition coefficient (Wildman–Crippen LogP) is 3.27. The summed E-state index contributed by atoms with van der Waals surface area (Å²) in [6.45, 7) is 3.65. The Morgan fingerprint density at radius 2 is 1.97 bits per heavy atom. The molecule has 3 heterocycles. The Hall–Kier alpha value is -3.65. The largest absolute Gasteiger partial charge is 0.508 e. The fraction of sp³-hybridized carbons (Fsp3) is 0.227. The maximum absolute atomic E-state index is 9.93. The highest BCUT2D eigenvalue weighted by Crippen LogP contribution is 2.28. The quantitative estimate of drug-likeness (QED) is 0.416. The molecule has 0 aliphatic carbocycles. The van der Waals surface area contributed by atoms with E-state index in [1.54, 1.807) is 18.3 Å². The molecule has 5 rings (SSSR count). The van der Waals surface area contributed by atoms with Gasteiger partial charge in [-0.15, -0.1) is 0 Å². The molecule has 1 aliphatic heterocycles. The number of nitrogens with zero attached hydrogens (tertiary/aromatic N) is 4. The van der Waals surface area contributed by atoms with Gasteiger partial charge >= 0.3 is 0 Å². The van der Waals surface area contributed by atoms with Crippen molar-refractivity contribution in [3.05, 3.63) is 54.7 Å². The molecule has 8 heteroatoms. The van der Waals surface area contributed by atoms with Gasteiger partial charge in [0.15, 0.2) is 0 Å². The Kier molecular flexibility index (Phi) is 4.90. The lowest BCUT2D eigenvalue weighted by Gasteiger charge is -2.21. The Labute approximate surface area is 174 Å². The number of hydrogen-bond acceptors (Lipinski definition) is 7. The number of aromatic amines is 1. The Morgan fingerprint density at radius 1 is 1.00 bits per heavy atom. The van der Waals surface area contributed by atoms with E-state index in [4.69, 9.17) is 9.97 Å². The molecular formula is C22H23N7O. The average Bonchev–Trinajstić information content (AvgIpc) is 3.05. The monoisotopic (exact) mass is 401 g/mol. The summed E-state index contributed by atoms with van der Waals surface area (Å²) in [4.78, 5) is 11.8. The van der Waals surface area contributed by atoms with Crippen LogP contribution < -0.4 is 15.5 Å². The van der Waals surface area contributed by atoms with Crippen LogP contribution in [0, 0.1) is 0 Å². The van der Waals surface area contributed by atoms with E-state index in [0.29, 0.717) is 11.8 Å². The molecule has 4 N–H and O–H groups in total. The molecule has 0 bridgehead atoms. The van der Waals surface area contributed by atoms with E-state index >= 15 is 0 Å². The lowest BCUT2D eigenvalue weighted by molar-refractivity contribution is 0.475. The van der Waals surface area contributed by atoms with E-state index in [-0.39, 0.29) is 5.75 Å². The van der Waals surface area contributed by atoms with Crippen LogP contribution in [0.2, 0.25) is 0 Å². The molecule has 0 amide bonds. The minimum absolute atomic E-state index is 0.214. The van der Waals surface area contributed by atoms with Gasteiger partial charge in [-0.2, -0.15) is 10.1 Å². The highest BCUT2D eigenvalue weighted by Gasteiger charge is 2.16. The molecular weight excluding hydrogens is 378 g/mol. The van der Waals surface area contributed by atoms with Gasteiger partial charge in [0.1, 0.15) is 11.6 Å². The van der Waals surface area contributed by atoms with Crippen LogP contribution in [0.1, 0.15) is 6.42 Å². The molecule has 2 aromatic heterocycles. The molecule has 0 unspecified atom stereocenters. The Bertz CT molecular complexity index is 1170. The first kappa shape index (κ1) is 18.4. The number of hydrogen-bond donors (Lipinski definition) is 4. The van der Waals surface area contributed by atoms with Crippen molar-refractivity contribution in [1.82, 2.24) is 25.5 Å². The van der Waals surface area contributed by atoms with Gasteiger partial charge in [0.2, 0.25) is 5.95 Å². The molecule has 152 valence electrons. The summed E-state index contributed by atoms with van der Waals surface area (Å²) in [5, 5.41) is 24.8. The second-order valence-corrected chi connectivity index (χ2v) is 7.38. The zero-order valence-corrected chi connectivity index (χ0v) is 16.5. The smallest absolute Gasteiger partial charge is 0.227 e. The van der Waals surface area contributed by atoms with Crippen LogP contribution in [0.5, 0.6) is 5.75 Å². The summed E-state index contributed by atoms with van der Waals surface area (Å²) in [5.41, 5.74) is 3.52. The van der Waals surface area contributed by atoms with Gasteiger partial charge in [-0.25, -0.2) is 4.98 Å². The number of phenolic OH excluding ortho intramolecular Hbond substituents is 1. The van der Waals surface area contributed by atoms with Crippen molar-refractivity contribution in [2.75, 3.05) is 36.4 Å². The number of aromatic nitrogens is 4. The molecule has 1 saturated heterocycles. The van der Waals surface area contributed by atoms with Crippen LogP contribution in [-0.2, 0) is 0 Å². The van der Waals surface area contributed by atoms with Gasteiger partial charge in [0.05, 0.1) is 17.4 Å². The molecule has 0 spiro atoms. The number of anilines is 3. The number of rotatable bonds is 4. The summed E-state index contributed by atoms with van der Waals surface area (Å²) in [5.74, 6) is 1.61. The molecule has 0 atom stereocenters. The van der Waals surface area contributed by atoms with Crippen LogP contribution in [0.25, 0.3) is 22.2 Å². The van der Waals surface area contributed by atoms with Crippen LogP contribution in [0.15, 0.2) is 54.7 Å². The standard InChI is InChI=1S/C22H23N7O/c30-18-4-1-3-15(12-18)20-13-21(25-17-5-6-19-16(11-17)14-24-28-19)27-22(26-20)29-9-2-7-23-8-10-29/h1,3-6,11-14,23,30H,2,7-10H2,(H,24,28)(H,25,26,27). The lowest BCUT2D eigenvalue weighted by Crippen LogP contribution is -2.29. The highest BCUT2D eigenvalue weighted by atomic mass is 16.3. The van der Waals surface area contributed by atoms with Crippen molar-refractivity contribution < 1.29 is 5.11 Å². The molecule has 0 radical (unpaired) electrons. The molecule has 8 nitrogen and oxygen atoms in total. The number of nitrogens with one attached hydrogen (secondary N) is 3. The summed E-state index contributed by atoms with van der Waals surface area (Å²) >= 11 is 0. The van der Waals surface area contributed by atoms with Crippen LogP contribution in [0.3, 0.4) is 0 Å². The van der Waals surface area contributed by atoms with Gasteiger partial charge in [0, 0.05) is 42.3 Å². The minimum Gasteiger partial charge on any atom is -0.508 e. The topological polar surface area (TPSA) is 102 Å². The predicted molar refractivity (Wildman–Crippen MR) is 118 cm³/mol. The van der Waals surface area contributed by atoms with E-state index in [9.17, 15) is 5.11 Å². The van der Waals surface area contributed by atoms with Crippen LogP contribution in [-0.4, -0.2) is 51.5 Å². The summed E-state index contributed by atoms with van der Waals surface area (Å²) in [7, 11) is 0. The number of aromatic hydroxyl groups is 1. The first-order valence-corrected chi connectivity index (χ1v) is 10.1. The Balaban J connectivity index is 1.54. The summed E-state index contributed by atoms with van der Waals surface area (Å²) in [6, 6.07) is 15.1. The third-order valence-corrected chi connectivity index (χ3v) is 5.19. The molecule has 1 aliphatic rings. The van der Waals surface area contributed by atoms with Gasteiger partial charge in [-0.1, -0.05) is 12.1 Å². The van der Waals surface area contributed by atoms with Crippen molar-refractivity contribution >= 4 is 28.4 Å². The summed E-state index contributed by atoms with van der Waals surface area (Å²) < 4.78 is 0. The Morgan fingerprint density at radius 3 is 2.90 bits per heavy atom. The van der Waals surface area contributed by atoms with Crippen LogP contribution >= 0.6 is 0 Å². The van der Waals surface area contributed by atoms with E-state index in [1.807, 2.05) is 36.4 Å². The normalized spacial score (nSPS) is 14.6. The van der Waals surface area contributed by atoms with Crippen molar-refractivity contribution in [1.29, 1.82) is 0 Å². The van der Waals surface area contributed by atoms with Crippen LogP contribution in [0.4, 0.5) is 17.5 Å². The zero-order chi connectivity index (χ0) is 20.3. The maximum atomic E-state index is 9.93. The first-order chi connectivity index (χ1) is 14.7. The first-order valence-electron chi connectivity index (χ1n) is 10.1. The number of benzene rings is 2. The second-order valence-electron chi connectivity index (χ2n) is 7.38. The number of fused-ring (bicyclic) bond motifs is 1. The third-order valence-electron chi connectivity index (χ3n) is 5.19. The van der Waals surface area contributed by atoms with Gasteiger partial charge in [0.25, 0.3) is 0 Å². The van der Waals surface area contributed by atoms with Crippen molar-refractivity contribution in [3.63, 3.8) is 0 Å². The second kappa shape index (κ2) is 8.00. The third kappa shape index (κ3) is 3.90. The van der Waals surface area contributed by atoms with E-state index in [1.165, 1.54) is 0 Å². The number of phenols is 1. The molecule has 1 fully saturated rings. The SMILES string of the molecule is Oc1cccc(-c2cc(Nc3ccc4[nH]ncc4c3)nc(N3CCCNCC3)n2)c1. The molecule has 4 aromatic rings. The zero-order valence-electron chi connectivity index (χ0n) is 16.5.